The predicted molar refractivity (Wildman–Crippen MR) is 140 cm³/mol. The summed E-state index contributed by atoms with van der Waals surface area (Å²) >= 11 is 2.51. The fourth-order valence-electron chi connectivity index (χ4n) is 4.53. The maximum Gasteiger partial charge on any atom is 0.276 e. The highest BCUT2D eigenvalue weighted by Crippen LogP contribution is 2.40. The van der Waals surface area contributed by atoms with Crippen molar-refractivity contribution in [3.63, 3.8) is 0 Å². The van der Waals surface area contributed by atoms with E-state index in [1.54, 1.807) is 12.3 Å². The van der Waals surface area contributed by atoms with Gasteiger partial charge in [-0.15, -0.1) is 23.1 Å². The third-order valence-electron chi connectivity index (χ3n) is 6.49. The van der Waals surface area contributed by atoms with Crippen LogP contribution in [-0.2, 0) is 25.8 Å². The zero-order valence-electron chi connectivity index (χ0n) is 20.8. The minimum Gasteiger partial charge on any atom is -0.543 e. The molecule has 15 heteroatoms. The number of fused-ring (bicyclic) bond motifs is 2. The molecular formula is C23H26N8O5S2. The monoisotopic (exact) mass is 558 g/mol. The van der Waals surface area contributed by atoms with Gasteiger partial charge in [-0.25, -0.2) is 4.98 Å². The Morgan fingerprint density at radius 1 is 1.45 bits per heavy atom. The number of carboxylic acid groups (broad SMARTS) is 1. The van der Waals surface area contributed by atoms with Gasteiger partial charge in [0.25, 0.3) is 11.8 Å². The van der Waals surface area contributed by atoms with Gasteiger partial charge in [0.15, 0.2) is 29.8 Å². The Labute approximate surface area is 226 Å². The van der Waals surface area contributed by atoms with E-state index >= 15 is 0 Å². The lowest BCUT2D eigenvalue weighted by Crippen LogP contribution is -2.71. The number of pyridine rings is 1. The van der Waals surface area contributed by atoms with Gasteiger partial charge in [-0.3, -0.25) is 14.5 Å². The molecule has 13 nitrogen and oxygen atoms in total. The summed E-state index contributed by atoms with van der Waals surface area (Å²) in [5.74, 6) is -2.31. The summed E-state index contributed by atoms with van der Waals surface area (Å²) in [6.45, 7) is 4.25. The molecule has 3 aliphatic rings. The number of thiazole rings is 1. The van der Waals surface area contributed by atoms with Crippen LogP contribution < -0.4 is 30.9 Å². The Bertz CT molecular complexity index is 1380. The predicted octanol–water partition coefficient (Wildman–Crippen LogP) is -0.935. The molecule has 3 atom stereocenters. The van der Waals surface area contributed by atoms with Crippen LogP contribution >= 0.6 is 23.1 Å². The summed E-state index contributed by atoms with van der Waals surface area (Å²) in [6.07, 6.45) is 3.93. The van der Waals surface area contributed by atoms with Crippen molar-refractivity contribution in [3.05, 3.63) is 40.8 Å². The minimum absolute atomic E-state index is 0.121. The Morgan fingerprint density at radius 2 is 2.24 bits per heavy atom. The second-order valence-corrected chi connectivity index (χ2v) is 10.9. The van der Waals surface area contributed by atoms with E-state index in [0.29, 0.717) is 11.3 Å². The van der Waals surface area contributed by atoms with E-state index in [1.807, 2.05) is 37.0 Å². The van der Waals surface area contributed by atoms with Crippen LogP contribution in [0.5, 0.6) is 0 Å². The van der Waals surface area contributed by atoms with Gasteiger partial charge in [0, 0.05) is 29.8 Å². The Kier molecular flexibility index (Phi) is 6.88. The van der Waals surface area contributed by atoms with Crippen molar-refractivity contribution in [3.8, 4) is 0 Å². The molecule has 0 bridgehead atoms. The van der Waals surface area contributed by atoms with Gasteiger partial charge in [0.1, 0.15) is 29.4 Å². The van der Waals surface area contributed by atoms with E-state index in [2.05, 4.69) is 25.7 Å². The number of carbonyl (C=O) groups excluding carboxylic acids is 3. The number of rotatable bonds is 8. The molecule has 1 saturated heterocycles. The normalized spacial score (nSPS) is 22.4. The van der Waals surface area contributed by atoms with Gasteiger partial charge in [-0.2, -0.15) is 4.57 Å². The molecule has 5 heterocycles. The molecular weight excluding hydrogens is 532 g/mol. The summed E-state index contributed by atoms with van der Waals surface area (Å²) in [4.78, 5) is 50.7. The third kappa shape index (κ3) is 4.51. The number of nitrogens with one attached hydrogen (secondary N) is 2. The van der Waals surface area contributed by atoms with Gasteiger partial charge in [0.2, 0.25) is 0 Å². The van der Waals surface area contributed by atoms with Crippen molar-refractivity contribution in [2.45, 2.75) is 38.0 Å². The van der Waals surface area contributed by atoms with Crippen LogP contribution in [0.25, 0.3) is 0 Å². The lowest BCUT2D eigenvalue weighted by atomic mass is 10.0. The first kappa shape index (κ1) is 25.8. The maximum absolute atomic E-state index is 13.1. The van der Waals surface area contributed by atoms with Gasteiger partial charge >= 0.3 is 0 Å². The van der Waals surface area contributed by atoms with Gasteiger partial charge < -0.3 is 36.0 Å². The number of hydrogen-bond acceptors (Lipinski definition) is 12. The highest BCUT2D eigenvalue weighted by Gasteiger charge is 2.53. The SMILES string of the molecule is CCON=C(C(=O)NC1C(=O)N2C(C(=O)[O-])=C(C[n+]3ccc4c(c3)NC(C)N4C)CS[C@H]12)c1csc(N)n1. The average molecular weight is 559 g/mol. The first-order chi connectivity index (χ1) is 18.2. The molecule has 0 spiro atoms. The fourth-order valence-corrected chi connectivity index (χ4v) is 6.41. The summed E-state index contributed by atoms with van der Waals surface area (Å²) in [5, 5.41) is 23.2. The summed E-state index contributed by atoms with van der Waals surface area (Å²) in [5.41, 5.74) is 8.16. The molecule has 1 fully saturated rings. The Hall–Kier alpha value is -3.85. The minimum atomic E-state index is -1.44. The van der Waals surface area contributed by atoms with Crippen molar-refractivity contribution >= 4 is 63.1 Å². The van der Waals surface area contributed by atoms with Crippen molar-refractivity contribution in [1.29, 1.82) is 0 Å². The van der Waals surface area contributed by atoms with Gasteiger partial charge in [0.05, 0.1) is 23.5 Å². The summed E-state index contributed by atoms with van der Waals surface area (Å²) < 4.78 is 1.87. The highest BCUT2D eigenvalue weighted by molar-refractivity contribution is 8.00. The fraction of sp³-hybridized carbons (Fsp3) is 0.391. The Morgan fingerprint density at radius 3 is 2.92 bits per heavy atom. The first-order valence-corrected chi connectivity index (χ1v) is 13.7. The van der Waals surface area contributed by atoms with E-state index in [9.17, 15) is 19.5 Å². The van der Waals surface area contributed by atoms with Crippen molar-refractivity contribution in [2.24, 2.45) is 5.16 Å². The molecule has 5 rings (SSSR count). The van der Waals surface area contributed by atoms with Crippen molar-refractivity contribution in [2.75, 3.05) is 35.4 Å². The number of carbonyl (C=O) groups is 3. The quantitative estimate of drug-likeness (QED) is 0.159. The van der Waals surface area contributed by atoms with Crippen LogP contribution in [0, 0.1) is 0 Å². The molecule has 0 saturated carbocycles. The number of carboxylic acids is 1. The zero-order chi connectivity index (χ0) is 27.1. The lowest BCUT2D eigenvalue weighted by molar-refractivity contribution is -0.688. The number of nitrogen functional groups attached to an aromatic ring is 1. The molecule has 0 radical (unpaired) electrons. The molecule has 38 heavy (non-hydrogen) atoms. The second-order valence-electron chi connectivity index (χ2n) is 8.88. The summed E-state index contributed by atoms with van der Waals surface area (Å²) in [7, 11) is 1.99. The number of nitrogens with two attached hydrogens (primary N) is 1. The summed E-state index contributed by atoms with van der Waals surface area (Å²) in [6, 6.07) is 1.02. The van der Waals surface area contributed by atoms with Gasteiger partial charge in [-0.05, 0) is 13.8 Å². The smallest absolute Gasteiger partial charge is 0.276 e. The van der Waals surface area contributed by atoms with Crippen LogP contribution in [0.1, 0.15) is 19.5 Å². The van der Waals surface area contributed by atoms with E-state index in [1.165, 1.54) is 16.7 Å². The zero-order valence-corrected chi connectivity index (χ0v) is 22.5. The van der Waals surface area contributed by atoms with E-state index in [0.717, 1.165) is 22.7 Å². The van der Waals surface area contributed by atoms with Crippen LogP contribution in [0.2, 0.25) is 0 Å². The molecule has 2 aromatic rings. The number of anilines is 3. The Balaban J connectivity index is 1.34. The number of aliphatic carboxylic acids is 1. The number of oxime groups is 1. The molecule has 2 aromatic heterocycles. The van der Waals surface area contributed by atoms with Crippen LogP contribution in [0.3, 0.4) is 0 Å². The topological polar surface area (TPSA) is 169 Å². The number of nitrogens with zero attached hydrogens (tertiary/aromatic N) is 5. The molecule has 3 aliphatic heterocycles. The second kappa shape index (κ2) is 10.1. The van der Waals surface area contributed by atoms with Crippen LogP contribution in [-0.4, -0.2) is 70.4 Å². The standard InChI is InChI=1S/C23H26N8O5S2/c1-4-36-28-16(14-10-38-23(24)26-14)19(32)27-17-20(33)31-18(22(34)35)12(9-37-21(17)31)7-30-6-5-15-13(8-30)25-11(2)29(15)3/h5-6,8,10-11,17,21,25H,4,7,9H2,1-3H3,(H3-,24,26,27,32,34,35)/t11?,17?,21-/m1/s1. The maximum atomic E-state index is 13.1. The molecule has 200 valence electrons. The van der Waals surface area contributed by atoms with Crippen LogP contribution in [0.4, 0.5) is 16.5 Å². The average Bonchev–Trinajstić information content (AvgIpc) is 3.44. The van der Waals surface area contributed by atoms with Crippen molar-refractivity contribution < 1.29 is 28.9 Å². The first-order valence-electron chi connectivity index (χ1n) is 11.8. The number of aromatic nitrogens is 2. The van der Waals surface area contributed by atoms with Gasteiger partial charge in [-0.1, -0.05) is 5.16 Å². The lowest BCUT2D eigenvalue weighted by Gasteiger charge is -2.50. The molecule has 4 N–H and O–H groups in total. The molecule has 0 aliphatic carbocycles. The largest absolute Gasteiger partial charge is 0.543 e. The number of β-lactam (4-membered cyclic amide) rings is 1. The van der Waals surface area contributed by atoms with E-state index in [-0.39, 0.29) is 41.6 Å². The highest BCUT2D eigenvalue weighted by atomic mass is 32.2. The number of hydrogen-bond donors (Lipinski definition) is 3. The van der Waals surface area contributed by atoms with E-state index in [4.69, 9.17) is 10.6 Å². The van der Waals surface area contributed by atoms with E-state index < -0.39 is 29.2 Å². The molecule has 2 amide bonds. The van der Waals surface area contributed by atoms with Crippen LogP contribution in [0.15, 0.2) is 40.3 Å². The number of amides is 2. The molecule has 2 unspecified atom stereocenters. The number of thioether (sulfide) groups is 1. The van der Waals surface area contributed by atoms with Crippen molar-refractivity contribution in [1.82, 2.24) is 15.2 Å². The third-order valence-corrected chi connectivity index (χ3v) is 8.50. The molecule has 0 aromatic carbocycles.